The molecule has 6 nitrogen and oxygen atoms in total. The zero-order valence-corrected chi connectivity index (χ0v) is 10.8. The maximum atomic E-state index is 10.9. The summed E-state index contributed by atoms with van der Waals surface area (Å²) in [6.45, 7) is 1.89. The molecule has 0 spiro atoms. The van der Waals surface area contributed by atoms with Crippen LogP contribution in [0.5, 0.6) is 0 Å². The zero-order valence-electron chi connectivity index (χ0n) is 9.96. The Labute approximate surface area is 102 Å². The van der Waals surface area contributed by atoms with Gasteiger partial charge in [-0.25, -0.2) is 8.42 Å². The lowest BCUT2D eigenvalue weighted by atomic mass is 10.3. The highest BCUT2D eigenvalue weighted by Crippen LogP contribution is 1.97. The first kappa shape index (κ1) is 14.1. The number of hydrogen-bond donors (Lipinski definition) is 2. The van der Waals surface area contributed by atoms with Gasteiger partial charge in [-0.1, -0.05) is 0 Å². The molecule has 0 aliphatic carbocycles. The minimum Gasteiger partial charge on any atom is -0.394 e. The van der Waals surface area contributed by atoms with Gasteiger partial charge in [-0.05, 0) is 13.0 Å². The predicted molar refractivity (Wildman–Crippen MR) is 65.3 cm³/mol. The van der Waals surface area contributed by atoms with Gasteiger partial charge < -0.3 is 10.4 Å². The molecule has 2 N–H and O–H groups in total. The Morgan fingerprint density at radius 3 is 2.94 bits per heavy atom. The van der Waals surface area contributed by atoms with Crippen molar-refractivity contribution in [2.24, 2.45) is 0 Å². The molecule has 1 aromatic rings. The van der Waals surface area contributed by atoms with Gasteiger partial charge in [0.05, 0.1) is 25.1 Å². The Bertz CT molecular complexity index is 428. The van der Waals surface area contributed by atoms with Gasteiger partial charge in [0, 0.05) is 24.6 Å². The van der Waals surface area contributed by atoms with Gasteiger partial charge in [-0.15, -0.1) is 0 Å². The van der Waals surface area contributed by atoms with E-state index in [0.29, 0.717) is 26.1 Å². The van der Waals surface area contributed by atoms with Crippen LogP contribution in [0.4, 0.5) is 0 Å². The van der Waals surface area contributed by atoms with E-state index in [1.54, 1.807) is 10.9 Å². The second kappa shape index (κ2) is 6.73. The number of sulfone groups is 1. The molecule has 1 heterocycles. The Hall–Kier alpha value is -0.920. The van der Waals surface area contributed by atoms with Crippen LogP contribution in [0, 0.1) is 0 Å². The van der Waals surface area contributed by atoms with E-state index in [0.717, 1.165) is 5.56 Å². The van der Waals surface area contributed by atoms with E-state index in [1.165, 1.54) is 6.26 Å². The van der Waals surface area contributed by atoms with E-state index in [4.69, 9.17) is 5.11 Å². The van der Waals surface area contributed by atoms with Crippen LogP contribution in [0.2, 0.25) is 0 Å². The fourth-order valence-electron chi connectivity index (χ4n) is 1.41. The van der Waals surface area contributed by atoms with Crippen LogP contribution in [-0.2, 0) is 22.9 Å². The first-order valence-electron chi connectivity index (χ1n) is 5.52. The van der Waals surface area contributed by atoms with Gasteiger partial charge in [-0.3, -0.25) is 4.68 Å². The quantitative estimate of drug-likeness (QED) is 0.610. The molecule has 0 fully saturated rings. The van der Waals surface area contributed by atoms with Crippen LogP contribution in [0.3, 0.4) is 0 Å². The molecule has 7 heteroatoms. The molecule has 17 heavy (non-hydrogen) atoms. The maximum absolute atomic E-state index is 10.9. The van der Waals surface area contributed by atoms with Crippen molar-refractivity contribution in [2.45, 2.75) is 19.5 Å². The zero-order chi connectivity index (χ0) is 12.7. The summed E-state index contributed by atoms with van der Waals surface area (Å²) in [7, 11) is -2.86. The maximum Gasteiger partial charge on any atom is 0.147 e. The van der Waals surface area contributed by atoms with Crippen LogP contribution in [0.25, 0.3) is 0 Å². The fraction of sp³-hybridized carbons (Fsp3) is 0.700. The molecule has 0 unspecified atom stereocenters. The van der Waals surface area contributed by atoms with E-state index in [1.807, 2.05) is 6.20 Å². The molecular formula is C10H19N3O3S. The standard InChI is InChI=1S/C10H19N3O3S/c1-17(15,16)6-2-3-11-7-10-8-12-13(9-10)4-5-14/h8-9,11,14H,2-7H2,1H3. The molecule has 98 valence electrons. The highest BCUT2D eigenvalue weighted by Gasteiger charge is 2.01. The molecule has 0 amide bonds. The summed E-state index contributed by atoms with van der Waals surface area (Å²) in [5.74, 6) is 0.212. The first-order valence-corrected chi connectivity index (χ1v) is 7.58. The van der Waals surface area contributed by atoms with Gasteiger partial charge in [0.2, 0.25) is 0 Å². The predicted octanol–water partition coefficient (Wildman–Crippen LogP) is -0.600. The number of nitrogens with zero attached hydrogens (tertiary/aromatic N) is 2. The Morgan fingerprint density at radius 2 is 2.29 bits per heavy atom. The summed E-state index contributed by atoms with van der Waals surface area (Å²) in [6, 6.07) is 0. The summed E-state index contributed by atoms with van der Waals surface area (Å²) >= 11 is 0. The van der Waals surface area contributed by atoms with Gasteiger partial charge in [0.1, 0.15) is 9.84 Å². The van der Waals surface area contributed by atoms with Crippen molar-refractivity contribution in [1.82, 2.24) is 15.1 Å². The Kier molecular flexibility index (Phi) is 5.60. The molecule has 1 aromatic heterocycles. The van der Waals surface area contributed by atoms with E-state index in [9.17, 15) is 8.42 Å². The number of hydrogen-bond acceptors (Lipinski definition) is 5. The van der Waals surface area contributed by atoms with Gasteiger partial charge in [0.15, 0.2) is 0 Å². The Balaban J connectivity index is 2.17. The first-order chi connectivity index (χ1) is 8.01. The third kappa shape index (κ3) is 6.40. The summed E-state index contributed by atoms with van der Waals surface area (Å²) in [4.78, 5) is 0. The third-order valence-electron chi connectivity index (χ3n) is 2.21. The molecular weight excluding hydrogens is 242 g/mol. The normalized spacial score (nSPS) is 11.9. The van der Waals surface area contributed by atoms with E-state index >= 15 is 0 Å². The van der Waals surface area contributed by atoms with Crippen molar-refractivity contribution in [3.63, 3.8) is 0 Å². The topological polar surface area (TPSA) is 84.2 Å². The fourth-order valence-corrected chi connectivity index (χ4v) is 2.08. The van der Waals surface area contributed by atoms with Crippen molar-refractivity contribution >= 4 is 9.84 Å². The second-order valence-electron chi connectivity index (χ2n) is 4.00. The van der Waals surface area contributed by atoms with Crippen LogP contribution >= 0.6 is 0 Å². The van der Waals surface area contributed by atoms with Crippen molar-refractivity contribution in [3.05, 3.63) is 18.0 Å². The van der Waals surface area contributed by atoms with Crippen molar-refractivity contribution in [3.8, 4) is 0 Å². The molecule has 0 saturated heterocycles. The largest absolute Gasteiger partial charge is 0.394 e. The number of rotatable bonds is 8. The van der Waals surface area contributed by atoms with Crippen LogP contribution in [0.15, 0.2) is 12.4 Å². The molecule has 0 aromatic carbocycles. The lowest BCUT2D eigenvalue weighted by molar-refractivity contribution is 0.269. The number of aliphatic hydroxyl groups excluding tert-OH is 1. The third-order valence-corrected chi connectivity index (χ3v) is 3.24. The van der Waals surface area contributed by atoms with Crippen molar-refractivity contribution < 1.29 is 13.5 Å². The minimum atomic E-state index is -2.86. The number of aliphatic hydroxyl groups is 1. The summed E-state index contributed by atoms with van der Waals surface area (Å²) < 4.78 is 23.4. The lowest BCUT2D eigenvalue weighted by Crippen LogP contribution is -2.17. The average Bonchev–Trinajstić information content (AvgIpc) is 2.64. The lowest BCUT2D eigenvalue weighted by Gasteiger charge is -2.02. The van der Waals surface area contributed by atoms with Crippen LogP contribution < -0.4 is 5.32 Å². The summed E-state index contributed by atoms with van der Waals surface area (Å²) in [6.07, 6.45) is 5.45. The van der Waals surface area contributed by atoms with Crippen molar-refractivity contribution in [2.75, 3.05) is 25.2 Å². The van der Waals surface area contributed by atoms with Gasteiger partial charge in [0.25, 0.3) is 0 Å². The molecule has 0 atom stereocenters. The van der Waals surface area contributed by atoms with E-state index in [-0.39, 0.29) is 12.4 Å². The molecule has 0 aliphatic heterocycles. The SMILES string of the molecule is CS(=O)(=O)CCCNCc1cnn(CCO)c1. The number of nitrogens with one attached hydrogen (secondary N) is 1. The smallest absolute Gasteiger partial charge is 0.147 e. The molecule has 0 radical (unpaired) electrons. The summed E-state index contributed by atoms with van der Waals surface area (Å²) in [5.41, 5.74) is 1.03. The molecule has 0 bridgehead atoms. The molecule has 1 rings (SSSR count). The van der Waals surface area contributed by atoms with Crippen molar-refractivity contribution in [1.29, 1.82) is 0 Å². The Morgan fingerprint density at radius 1 is 1.53 bits per heavy atom. The minimum absolute atomic E-state index is 0.0723. The number of aromatic nitrogens is 2. The molecule has 0 saturated carbocycles. The van der Waals surface area contributed by atoms with Crippen LogP contribution in [-0.4, -0.2) is 48.5 Å². The van der Waals surface area contributed by atoms with E-state index in [2.05, 4.69) is 10.4 Å². The van der Waals surface area contributed by atoms with Gasteiger partial charge in [-0.2, -0.15) is 5.10 Å². The molecule has 0 aliphatic rings. The average molecular weight is 261 g/mol. The summed E-state index contributed by atoms with van der Waals surface area (Å²) in [5, 5.41) is 15.9. The van der Waals surface area contributed by atoms with Crippen LogP contribution in [0.1, 0.15) is 12.0 Å². The highest BCUT2D eigenvalue weighted by atomic mass is 32.2. The second-order valence-corrected chi connectivity index (χ2v) is 6.26. The van der Waals surface area contributed by atoms with Gasteiger partial charge >= 0.3 is 0 Å². The monoisotopic (exact) mass is 261 g/mol. The highest BCUT2D eigenvalue weighted by molar-refractivity contribution is 7.90. The van der Waals surface area contributed by atoms with E-state index < -0.39 is 9.84 Å².